The van der Waals surface area contributed by atoms with E-state index in [0.717, 1.165) is 28.9 Å². The molecule has 246 valence electrons. The maximum Gasteiger partial charge on any atom is 0.293 e. The first-order valence-electron chi connectivity index (χ1n) is 14.4. The van der Waals surface area contributed by atoms with Crippen LogP contribution in [0.1, 0.15) is 29.2 Å². The number of amides is 1. The molecule has 3 aromatic rings. The minimum absolute atomic E-state index is 0.0705. The van der Waals surface area contributed by atoms with Gasteiger partial charge in [0.15, 0.2) is 23.0 Å². The van der Waals surface area contributed by atoms with Crippen LogP contribution in [0.15, 0.2) is 60.4 Å². The molecule has 1 amide bonds. The zero-order valence-corrected chi connectivity index (χ0v) is 26.5. The lowest BCUT2D eigenvalue weighted by molar-refractivity contribution is -0.130. The average Bonchev–Trinajstić information content (AvgIpc) is 3.54. The van der Waals surface area contributed by atoms with Gasteiger partial charge in [0.1, 0.15) is 11.4 Å². The minimum Gasteiger partial charge on any atom is -0.496 e. The number of benzene rings is 3. The molecule has 13 heteroatoms. The van der Waals surface area contributed by atoms with Crippen molar-refractivity contribution in [3.63, 3.8) is 0 Å². The molecule has 0 aromatic heterocycles. The Kier molecular flexibility index (Phi) is 11.4. The summed E-state index contributed by atoms with van der Waals surface area (Å²) in [4.78, 5) is 23.8. The van der Waals surface area contributed by atoms with Crippen LogP contribution in [0, 0.1) is 12.8 Å². The lowest BCUT2D eigenvalue weighted by Crippen LogP contribution is -2.41. The third-order valence-corrected chi connectivity index (χ3v) is 7.69. The third kappa shape index (κ3) is 7.67. The number of aryl methyl sites for hydroxylation is 2. The maximum absolute atomic E-state index is 13.0. The normalized spacial score (nSPS) is 16.2. The van der Waals surface area contributed by atoms with Gasteiger partial charge in [-0.3, -0.25) is 14.6 Å². The van der Waals surface area contributed by atoms with Crippen LogP contribution in [-0.2, 0) is 20.7 Å². The molecule has 1 aliphatic heterocycles. The Bertz CT molecular complexity index is 1540. The molecule has 5 N–H and O–H groups in total. The van der Waals surface area contributed by atoms with E-state index in [1.165, 1.54) is 11.2 Å². The van der Waals surface area contributed by atoms with Gasteiger partial charge in [0.05, 0.1) is 46.8 Å². The third-order valence-electron chi connectivity index (χ3n) is 7.69. The van der Waals surface area contributed by atoms with E-state index >= 15 is 0 Å². The second-order valence-corrected chi connectivity index (χ2v) is 10.4. The van der Waals surface area contributed by atoms with Crippen molar-refractivity contribution in [3.8, 4) is 34.5 Å². The number of nitrogens with one attached hydrogen (secondary N) is 1. The number of nitrogens with two attached hydrogens (primary N) is 2. The Balaban J connectivity index is 0.000000337. The van der Waals surface area contributed by atoms with Gasteiger partial charge in [0.25, 0.3) is 12.4 Å². The molecule has 46 heavy (non-hydrogen) atoms. The van der Waals surface area contributed by atoms with E-state index in [9.17, 15) is 9.59 Å². The predicted octanol–water partition coefficient (Wildman–Crippen LogP) is 3.52. The number of carbonyl (C=O) groups excluding carboxylic acids is 2. The highest BCUT2D eigenvalue weighted by atomic mass is 16.7. The first-order chi connectivity index (χ1) is 22.2. The summed E-state index contributed by atoms with van der Waals surface area (Å²) in [6.07, 6.45) is 2.82. The quantitative estimate of drug-likeness (QED) is 0.122. The molecular weight excluding hydrogens is 596 g/mol. The van der Waals surface area contributed by atoms with E-state index in [1.54, 1.807) is 40.6 Å². The predicted molar refractivity (Wildman–Crippen MR) is 170 cm³/mol. The van der Waals surface area contributed by atoms with Crippen molar-refractivity contribution in [2.24, 2.45) is 17.5 Å². The summed E-state index contributed by atoms with van der Waals surface area (Å²) in [5.41, 5.74) is 9.47. The van der Waals surface area contributed by atoms with Crippen molar-refractivity contribution in [2.75, 3.05) is 46.8 Å². The molecule has 0 fully saturated rings. The number of para-hydroxylation sites is 1. The maximum atomic E-state index is 13.0. The molecule has 0 saturated heterocycles. The fraction of sp³-hybridized carbons (Fsp3) is 0.333. The molecule has 5 rings (SSSR count). The topological polar surface area (TPSA) is 166 Å². The summed E-state index contributed by atoms with van der Waals surface area (Å²) in [5, 5.41) is 4.26. The number of anilines is 1. The van der Waals surface area contributed by atoms with Crippen molar-refractivity contribution in [1.29, 1.82) is 0 Å². The summed E-state index contributed by atoms with van der Waals surface area (Å²) >= 11 is 0. The first-order valence-corrected chi connectivity index (χ1v) is 14.4. The van der Waals surface area contributed by atoms with Gasteiger partial charge in [-0.1, -0.05) is 6.07 Å². The Morgan fingerprint density at radius 2 is 1.65 bits per heavy atom. The van der Waals surface area contributed by atoms with Gasteiger partial charge in [0.2, 0.25) is 12.5 Å². The van der Waals surface area contributed by atoms with E-state index in [-0.39, 0.29) is 25.0 Å². The molecule has 2 unspecified atom stereocenters. The zero-order valence-electron chi connectivity index (χ0n) is 26.5. The van der Waals surface area contributed by atoms with Crippen LogP contribution >= 0.6 is 0 Å². The Labute approximate surface area is 267 Å². The fourth-order valence-corrected chi connectivity index (χ4v) is 5.35. The summed E-state index contributed by atoms with van der Waals surface area (Å²) in [6.45, 7) is 2.62. The van der Waals surface area contributed by atoms with Gasteiger partial charge in [-0.25, -0.2) is 5.84 Å². The van der Waals surface area contributed by atoms with E-state index < -0.39 is 11.9 Å². The molecular formula is C33H40N4O9. The van der Waals surface area contributed by atoms with Gasteiger partial charge in [-0.05, 0) is 78.9 Å². The molecule has 1 heterocycles. The van der Waals surface area contributed by atoms with Crippen molar-refractivity contribution >= 4 is 18.1 Å². The molecule has 2 atom stereocenters. The second kappa shape index (κ2) is 15.6. The van der Waals surface area contributed by atoms with Gasteiger partial charge < -0.3 is 44.2 Å². The highest BCUT2D eigenvalue weighted by Crippen LogP contribution is 2.42. The van der Waals surface area contributed by atoms with Crippen LogP contribution in [-0.4, -0.2) is 54.2 Å². The molecule has 1 aliphatic carbocycles. The number of methoxy groups -OCH3 is 4. The smallest absolute Gasteiger partial charge is 0.293 e. The molecule has 0 bridgehead atoms. The standard InChI is InChI=1S/C24H28N4O6.C9H12O3/c1-14-7-17(5-6-20(14)31-2)28(26)10-19(25)24(30)27-23-16(11-32-12-29)4-3-15-8-21-22(9-18(15)23)34-13-33-21;1-10-7-5-4-6-8(11-2)9(7)12-3/h5-10,12,16,23H,3-4,11,13,25-26H2,1-2H3,(H,27,30);4-6H,1-3H3/b19-10-;. The van der Waals surface area contributed by atoms with E-state index in [1.807, 2.05) is 43.3 Å². The fourth-order valence-electron chi connectivity index (χ4n) is 5.35. The van der Waals surface area contributed by atoms with Crippen molar-refractivity contribution in [1.82, 2.24) is 5.32 Å². The lowest BCUT2D eigenvalue weighted by atomic mass is 9.79. The molecule has 0 spiro atoms. The number of rotatable bonds is 11. The summed E-state index contributed by atoms with van der Waals surface area (Å²) in [7, 11) is 6.36. The largest absolute Gasteiger partial charge is 0.496 e. The molecule has 2 aliphatic rings. The number of hydrogen-bond acceptors (Lipinski definition) is 12. The van der Waals surface area contributed by atoms with Gasteiger partial charge in [-0.15, -0.1) is 0 Å². The monoisotopic (exact) mass is 636 g/mol. The highest BCUT2D eigenvalue weighted by molar-refractivity contribution is 5.93. The molecule has 3 aromatic carbocycles. The number of hydrogen-bond donors (Lipinski definition) is 3. The average molecular weight is 637 g/mol. The Morgan fingerprint density at radius 1 is 0.978 bits per heavy atom. The van der Waals surface area contributed by atoms with Crippen molar-refractivity contribution < 1.29 is 42.7 Å². The Morgan fingerprint density at radius 3 is 2.26 bits per heavy atom. The van der Waals surface area contributed by atoms with Gasteiger partial charge in [-0.2, -0.15) is 0 Å². The summed E-state index contributed by atoms with van der Waals surface area (Å²) < 4.78 is 36.6. The van der Waals surface area contributed by atoms with Crippen molar-refractivity contribution in [2.45, 2.75) is 25.8 Å². The molecule has 0 saturated carbocycles. The number of carbonyl (C=O) groups is 2. The summed E-state index contributed by atoms with van der Waals surface area (Å²) in [6, 6.07) is 14.2. The first kappa shape index (κ1) is 33.6. The van der Waals surface area contributed by atoms with E-state index in [2.05, 4.69) is 5.32 Å². The molecule has 13 nitrogen and oxygen atoms in total. The Hall–Kier alpha value is -5.30. The number of nitrogens with zero attached hydrogens (tertiary/aromatic N) is 1. The van der Waals surface area contributed by atoms with Crippen LogP contribution in [0.4, 0.5) is 5.69 Å². The number of fused-ring (bicyclic) bond motifs is 2. The minimum atomic E-state index is -0.493. The SMILES string of the molecule is COc1ccc(N(N)/C=C(\N)C(=O)NC2c3cc4c(cc3CCC2COC=O)OCO4)cc1C.COc1cccc(OC)c1OC. The molecule has 0 radical (unpaired) electrons. The van der Waals surface area contributed by atoms with Crippen LogP contribution in [0.5, 0.6) is 34.5 Å². The highest BCUT2D eigenvalue weighted by Gasteiger charge is 2.34. The van der Waals surface area contributed by atoms with Gasteiger partial charge in [0, 0.05) is 12.1 Å². The van der Waals surface area contributed by atoms with Crippen LogP contribution in [0.3, 0.4) is 0 Å². The van der Waals surface area contributed by atoms with Crippen LogP contribution in [0.25, 0.3) is 0 Å². The van der Waals surface area contributed by atoms with Crippen LogP contribution in [0.2, 0.25) is 0 Å². The zero-order chi connectivity index (χ0) is 33.2. The van der Waals surface area contributed by atoms with Crippen LogP contribution < -0.4 is 50.3 Å². The van der Waals surface area contributed by atoms with E-state index in [4.69, 9.17) is 44.7 Å². The number of hydrazine groups is 1. The van der Waals surface area contributed by atoms with Gasteiger partial charge >= 0.3 is 0 Å². The van der Waals surface area contributed by atoms with E-state index in [0.29, 0.717) is 47.3 Å². The lowest BCUT2D eigenvalue weighted by Gasteiger charge is -2.34. The number of ether oxygens (including phenoxy) is 7. The van der Waals surface area contributed by atoms with Crippen molar-refractivity contribution in [3.05, 3.63) is 77.1 Å². The summed E-state index contributed by atoms with van der Waals surface area (Å²) in [5.74, 6) is 9.50. The second-order valence-electron chi connectivity index (χ2n) is 10.4.